The van der Waals surface area contributed by atoms with Gasteiger partial charge in [-0.15, -0.1) is 0 Å². The molecule has 0 spiro atoms. The zero-order valence-electron chi connectivity index (χ0n) is 9.99. The molecule has 1 heterocycles. The Morgan fingerprint density at radius 3 is 2.20 bits per heavy atom. The SMILES string of the molecule is CC(=O)N1CCN(CCC(C)(C)O)CC1. The van der Waals surface area contributed by atoms with Crippen molar-refractivity contribution >= 4 is 5.91 Å². The van der Waals surface area contributed by atoms with E-state index in [-0.39, 0.29) is 5.91 Å². The van der Waals surface area contributed by atoms with Crippen LogP contribution in [0.25, 0.3) is 0 Å². The van der Waals surface area contributed by atoms with E-state index in [1.54, 1.807) is 6.92 Å². The van der Waals surface area contributed by atoms with Crippen molar-refractivity contribution in [1.82, 2.24) is 9.80 Å². The van der Waals surface area contributed by atoms with E-state index in [0.29, 0.717) is 0 Å². The topological polar surface area (TPSA) is 43.8 Å². The van der Waals surface area contributed by atoms with Gasteiger partial charge in [-0.05, 0) is 20.3 Å². The maximum absolute atomic E-state index is 11.1. The summed E-state index contributed by atoms with van der Waals surface area (Å²) in [6.45, 7) is 9.69. The quantitative estimate of drug-likeness (QED) is 0.735. The maximum atomic E-state index is 11.1. The first-order chi connectivity index (χ1) is 6.88. The lowest BCUT2D eigenvalue weighted by atomic mass is 10.1. The molecule has 4 heteroatoms. The molecule has 15 heavy (non-hydrogen) atoms. The van der Waals surface area contributed by atoms with Crippen molar-refractivity contribution in [1.29, 1.82) is 0 Å². The first-order valence-corrected chi connectivity index (χ1v) is 5.59. The van der Waals surface area contributed by atoms with Crippen LogP contribution in [0.4, 0.5) is 0 Å². The minimum Gasteiger partial charge on any atom is -0.390 e. The highest BCUT2D eigenvalue weighted by atomic mass is 16.3. The van der Waals surface area contributed by atoms with Gasteiger partial charge in [-0.3, -0.25) is 9.69 Å². The average Bonchev–Trinajstić information content (AvgIpc) is 2.14. The summed E-state index contributed by atoms with van der Waals surface area (Å²) in [5.41, 5.74) is -0.586. The van der Waals surface area contributed by atoms with Crippen LogP contribution in [0.15, 0.2) is 0 Å². The molecule has 4 nitrogen and oxygen atoms in total. The second-order valence-corrected chi connectivity index (χ2v) is 4.91. The predicted molar refractivity (Wildman–Crippen MR) is 59.6 cm³/mol. The van der Waals surface area contributed by atoms with Crippen LogP contribution in [0, 0.1) is 0 Å². The van der Waals surface area contributed by atoms with Crippen molar-refractivity contribution in [3.05, 3.63) is 0 Å². The summed E-state index contributed by atoms with van der Waals surface area (Å²) in [6.07, 6.45) is 0.785. The van der Waals surface area contributed by atoms with Gasteiger partial charge >= 0.3 is 0 Å². The van der Waals surface area contributed by atoms with Gasteiger partial charge in [0.1, 0.15) is 0 Å². The Balaban J connectivity index is 2.23. The Labute approximate surface area is 91.9 Å². The van der Waals surface area contributed by atoms with Gasteiger partial charge in [-0.1, -0.05) is 0 Å². The number of nitrogens with zero attached hydrogens (tertiary/aromatic N) is 2. The van der Waals surface area contributed by atoms with Crippen LogP contribution in [-0.2, 0) is 4.79 Å². The number of amides is 1. The van der Waals surface area contributed by atoms with E-state index in [1.165, 1.54) is 0 Å². The van der Waals surface area contributed by atoms with Gasteiger partial charge in [0.05, 0.1) is 5.60 Å². The van der Waals surface area contributed by atoms with E-state index < -0.39 is 5.60 Å². The number of carbonyl (C=O) groups is 1. The van der Waals surface area contributed by atoms with Crippen LogP contribution in [0.1, 0.15) is 27.2 Å². The first kappa shape index (κ1) is 12.5. The maximum Gasteiger partial charge on any atom is 0.219 e. The van der Waals surface area contributed by atoms with Gasteiger partial charge in [0.2, 0.25) is 5.91 Å². The number of aliphatic hydroxyl groups is 1. The largest absolute Gasteiger partial charge is 0.390 e. The molecule has 1 aliphatic heterocycles. The Morgan fingerprint density at radius 1 is 1.27 bits per heavy atom. The summed E-state index contributed by atoms with van der Waals surface area (Å²) < 4.78 is 0. The standard InChI is InChI=1S/C11H22N2O2/c1-10(14)13-8-6-12(7-9-13)5-4-11(2,3)15/h15H,4-9H2,1-3H3. The number of hydrogen-bond donors (Lipinski definition) is 1. The minimum atomic E-state index is -0.586. The molecule has 1 rings (SSSR count). The predicted octanol–water partition coefficient (Wildman–Crippen LogP) is 0.311. The third-order valence-corrected chi connectivity index (χ3v) is 2.86. The summed E-state index contributed by atoms with van der Waals surface area (Å²) in [5.74, 6) is 0.164. The molecule has 1 fully saturated rings. The molecule has 0 unspecified atom stereocenters. The highest BCUT2D eigenvalue weighted by Crippen LogP contribution is 2.10. The first-order valence-electron chi connectivity index (χ1n) is 5.59. The van der Waals surface area contributed by atoms with Gasteiger partial charge in [-0.2, -0.15) is 0 Å². The molecule has 0 aromatic heterocycles. The van der Waals surface area contributed by atoms with E-state index in [2.05, 4.69) is 4.90 Å². The van der Waals surface area contributed by atoms with Crippen molar-refractivity contribution in [2.45, 2.75) is 32.8 Å². The summed E-state index contributed by atoms with van der Waals surface area (Å²) in [6, 6.07) is 0. The van der Waals surface area contributed by atoms with Crippen molar-refractivity contribution in [3.63, 3.8) is 0 Å². The molecular formula is C11H22N2O2. The third-order valence-electron chi connectivity index (χ3n) is 2.86. The van der Waals surface area contributed by atoms with Gasteiger partial charge in [0, 0.05) is 39.6 Å². The summed E-state index contributed by atoms with van der Waals surface area (Å²) in [5, 5.41) is 9.60. The highest BCUT2D eigenvalue weighted by Gasteiger charge is 2.20. The normalized spacial score (nSPS) is 19.3. The van der Waals surface area contributed by atoms with E-state index in [4.69, 9.17) is 0 Å². The van der Waals surface area contributed by atoms with E-state index >= 15 is 0 Å². The zero-order chi connectivity index (χ0) is 11.5. The van der Waals surface area contributed by atoms with Crippen LogP contribution in [-0.4, -0.2) is 59.1 Å². The van der Waals surface area contributed by atoms with Crippen LogP contribution in [0.2, 0.25) is 0 Å². The monoisotopic (exact) mass is 214 g/mol. The Bertz CT molecular complexity index is 215. The number of carbonyl (C=O) groups excluding carboxylic acids is 1. The summed E-state index contributed by atoms with van der Waals surface area (Å²) in [4.78, 5) is 15.3. The fourth-order valence-electron chi connectivity index (χ4n) is 1.72. The second kappa shape index (κ2) is 4.94. The molecule has 0 aromatic rings. The van der Waals surface area contributed by atoms with Gasteiger partial charge in [0.15, 0.2) is 0 Å². The van der Waals surface area contributed by atoms with Crippen LogP contribution in [0.5, 0.6) is 0 Å². The molecule has 0 atom stereocenters. The van der Waals surface area contributed by atoms with E-state index in [0.717, 1.165) is 39.1 Å². The molecule has 0 aliphatic carbocycles. The van der Waals surface area contributed by atoms with E-state index in [9.17, 15) is 9.90 Å². The number of rotatable bonds is 3. The van der Waals surface area contributed by atoms with Gasteiger partial charge in [0.25, 0.3) is 0 Å². The molecule has 0 bridgehead atoms. The van der Waals surface area contributed by atoms with Crippen LogP contribution < -0.4 is 0 Å². The number of piperazine rings is 1. The van der Waals surface area contributed by atoms with Crippen molar-refractivity contribution in [2.75, 3.05) is 32.7 Å². The van der Waals surface area contributed by atoms with Crippen LogP contribution >= 0.6 is 0 Å². The van der Waals surface area contributed by atoms with Crippen molar-refractivity contribution in [3.8, 4) is 0 Å². The fourth-order valence-corrected chi connectivity index (χ4v) is 1.72. The van der Waals surface area contributed by atoms with Gasteiger partial charge < -0.3 is 10.0 Å². The zero-order valence-corrected chi connectivity index (χ0v) is 9.99. The molecule has 0 aromatic carbocycles. The summed E-state index contributed by atoms with van der Waals surface area (Å²) in [7, 11) is 0. The average molecular weight is 214 g/mol. The molecule has 0 saturated carbocycles. The molecule has 1 saturated heterocycles. The molecule has 1 amide bonds. The Hall–Kier alpha value is -0.610. The lowest BCUT2D eigenvalue weighted by Crippen LogP contribution is -2.48. The fraction of sp³-hybridized carbons (Fsp3) is 0.909. The molecule has 0 radical (unpaired) electrons. The Morgan fingerprint density at radius 2 is 1.80 bits per heavy atom. The second-order valence-electron chi connectivity index (χ2n) is 4.91. The van der Waals surface area contributed by atoms with E-state index in [1.807, 2.05) is 18.7 Å². The molecule has 88 valence electrons. The Kier molecular flexibility index (Phi) is 4.11. The molecular weight excluding hydrogens is 192 g/mol. The van der Waals surface area contributed by atoms with Gasteiger partial charge in [-0.25, -0.2) is 0 Å². The molecule has 1 aliphatic rings. The van der Waals surface area contributed by atoms with Crippen molar-refractivity contribution in [2.24, 2.45) is 0 Å². The van der Waals surface area contributed by atoms with Crippen LogP contribution in [0.3, 0.4) is 0 Å². The van der Waals surface area contributed by atoms with Crippen molar-refractivity contribution < 1.29 is 9.90 Å². The summed E-state index contributed by atoms with van der Waals surface area (Å²) >= 11 is 0. The minimum absolute atomic E-state index is 0.164. The third kappa shape index (κ3) is 4.62. The smallest absolute Gasteiger partial charge is 0.219 e. The lowest BCUT2D eigenvalue weighted by Gasteiger charge is -2.35. The molecule has 1 N–H and O–H groups in total. The number of hydrogen-bond acceptors (Lipinski definition) is 3. The lowest BCUT2D eigenvalue weighted by molar-refractivity contribution is -0.130. The highest BCUT2D eigenvalue weighted by molar-refractivity contribution is 5.73.